The van der Waals surface area contributed by atoms with Crippen molar-refractivity contribution in [3.63, 3.8) is 0 Å². The molecule has 0 aromatic rings. The first-order valence-electron chi connectivity index (χ1n) is 7.98. The summed E-state index contributed by atoms with van der Waals surface area (Å²) in [5.41, 5.74) is 5.00. The number of rotatable bonds is 4. The van der Waals surface area contributed by atoms with Gasteiger partial charge in [0.1, 0.15) is 6.61 Å². The van der Waals surface area contributed by atoms with Gasteiger partial charge in [-0.3, -0.25) is 9.59 Å². The van der Waals surface area contributed by atoms with Gasteiger partial charge in [0.2, 0.25) is 11.6 Å². The van der Waals surface area contributed by atoms with E-state index in [1.165, 1.54) is 14.2 Å². The van der Waals surface area contributed by atoms with Crippen LogP contribution in [0.3, 0.4) is 0 Å². The maximum absolute atomic E-state index is 13.0. The topological polar surface area (TPSA) is 130 Å². The van der Waals surface area contributed by atoms with Crippen molar-refractivity contribution in [1.29, 1.82) is 0 Å². The average molecular weight is 349 g/mol. The zero-order chi connectivity index (χ0) is 18.1. The van der Waals surface area contributed by atoms with Crippen LogP contribution in [0.4, 0.5) is 4.79 Å². The van der Waals surface area contributed by atoms with Crippen LogP contribution in [0.25, 0.3) is 0 Å². The minimum atomic E-state index is -0.959. The molecule has 0 aromatic carbocycles. The smallest absolute Gasteiger partial charge is 0.404 e. The van der Waals surface area contributed by atoms with Gasteiger partial charge in [-0.05, 0) is 6.92 Å². The van der Waals surface area contributed by atoms with Crippen LogP contribution in [-0.2, 0) is 23.8 Å². The van der Waals surface area contributed by atoms with Crippen LogP contribution in [0, 0.1) is 5.92 Å². The molecule has 0 unspecified atom stereocenters. The summed E-state index contributed by atoms with van der Waals surface area (Å²) >= 11 is 0. The molecule has 9 nitrogen and oxygen atoms in total. The predicted molar refractivity (Wildman–Crippen MR) is 82.9 cm³/mol. The molecule has 0 saturated carbocycles. The van der Waals surface area contributed by atoms with Gasteiger partial charge >= 0.3 is 6.09 Å². The van der Waals surface area contributed by atoms with E-state index in [2.05, 4.69) is 5.32 Å². The van der Waals surface area contributed by atoms with Crippen molar-refractivity contribution in [3.05, 3.63) is 22.6 Å². The first-order chi connectivity index (χ1) is 11.9. The molecular weight excluding hydrogens is 330 g/mol. The van der Waals surface area contributed by atoms with Crippen molar-refractivity contribution in [1.82, 2.24) is 10.2 Å². The lowest BCUT2D eigenvalue weighted by Crippen LogP contribution is -2.55. The Bertz CT molecular complexity index is 772. The Morgan fingerprint density at radius 3 is 2.68 bits per heavy atom. The second-order valence-corrected chi connectivity index (χ2v) is 6.58. The molecule has 3 heterocycles. The molecule has 0 radical (unpaired) electrons. The Balaban J connectivity index is 1.84. The molecule has 0 bridgehead atoms. The largest absolute Gasteiger partial charge is 0.492 e. The third kappa shape index (κ3) is 1.82. The minimum Gasteiger partial charge on any atom is -0.492 e. The van der Waals surface area contributed by atoms with Crippen molar-refractivity contribution in [3.8, 4) is 0 Å². The van der Waals surface area contributed by atoms with E-state index in [1.807, 2.05) is 4.90 Å². The lowest BCUT2D eigenvalue weighted by molar-refractivity contribution is -0.137. The van der Waals surface area contributed by atoms with E-state index in [-0.39, 0.29) is 47.2 Å². The number of primary amides is 1. The first kappa shape index (κ1) is 16.1. The average Bonchev–Trinajstić information content (AvgIpc) is 3.18. The highest BCUT2D eigenvalue weighted by atomic mass is 16.6. The third-order valence-electron chi connectivity index (χ3n) is 5.58. The molecule has 134 valence electrons. The van der Waals surface area contributed by atoms with Gasteiger partial charge < -0.3 is 30.2 Å². The van der Waals surface area contributed by atoms with Crippen LogP contribution < -0.4 is 11.1 Å². The van der Waals surface area contributed by atoms with Gasteiger partial charge in [-0.2, -0.15) is 0 Å². The predicted octanol–water partition coefficient (Wildman–Crippen LogP) is -0.963. The van der Waals surface area contributed by atoms with Crippen molar-refractivity contribution < 1.29 is 28.6 Å². The van der Waals surface area contributed by atoms with E-state index < -0.39 is 17.7 Å². The van der Waals surface area contributed by atoms with E-state index in [4.69, 9.17) is 19.9 Å². The van der Waals surface area contributed by atoms with E-state index in [9.17, 15) is 14.4 Å². The quantitative estimate of drug-likeness (QED) is 0.490. The molecule has 4 atom stereocenters. The van der Waals surface area contributed by atoms with Gasteiger partial charge in [0.25, 0.3) is 0 Å². The lowest BCUT2D eigenvalue weighted by Gasteiger charge is -2.39. The summed E-state index contributed by atoms with van der Waals surface area (Å²) in [7, 11) is 2.88. The molecule has 2 saturated heterocycles. The van der Waals surface area contributed by atoms with Gasteiger partial charge in [0.15, 0.2) is 11.5 Å². The normalized spacial score (nSPS) is 35.6. The Morgan fingerprint density at radius 2 is 2.08 bits per heavy atom. The molecule has 3 aliphatic heterocycles. The lowest BCUT2D eigenvalue weighted by atomic mass is 9.83. The molecule has 0 spiro atoms. The SMILES string of the molecule is COC1=C(C)C(=O)C2=C(C1=O)[C@H](COC(N)=O)[C@]1(OC)[C@H]3N[C@@H]3CN21. The van der Waals surface area contributed by atoms with E-state index in [0.717, 1.165) is 0 Å². The third-order valence-corrected chi connectivity index (χ3v) is 5.58. The number of hydrogen-bond acceptors (Lipinski definition) is 8. The number of nitrogens with zero attached hydrogens (tertiary/aromatic N) is 1. The van der Waals surface area contributed by atoms with Crippen LogP contribution >= 0.6 is 0 Å². The zero-order valence-corrected chi connectivity index (χ0v) is 14.1. The number of nitrogens with one attached hydrogen (secondary N) is 1. The Labute approximate surface area is 143 Å². The second-order valence-electron chi connectivity index (χ2n) is 6.58. The van der Waals surface area contributed by atoms with Gasteiger partial charge in [0.05, 0.1) is 24.8 Å². The highest BCUT2D eigenvalue weighted by Crippen LogP contribution is 2.55. The molecule has 2 fully saturated rings. The van der Waals surface area contributed by atoms with Crippen molar-refractivity contribution in [2.24, 2.45) is 11.7 Å². The van der Waals surface area contributed by atoms with Gasteiger partial charge in [-0.25, -0.2) is 4.79 Å². The number of carbonyl (C=O) groups is 3. The van der Waals surface area contributed by atoms with Gasteiger partial charge in [-0.15, -0.1) is 0 Å². The van der Waals surface area contributed by atoms with E-state index in [0.29, 0.717) is 12.2 Å². The molecule has 0 aromatic heterocycles. The fourth-order valence-corrected chi connectivity index (χ4v) is 4.51. The second kappa shape index (κ2) is 5.06. The summed E-state index contributed by atoms with van der Waals surface area (Å²) in [6.07, 6.45) is -0.946. The Hall–Kier alpha value is -2.39. The Kier molecular flexibility index (Phi) is 3.26. The van der Waals surface area contributed by atoms with E-state index in [1.54, 1.807) is 6.92 Å². The maximum atomic E-state index is 13.0. The zero-order valence-electron chi connectivity index (χ0n) is 14.1. The number of amides is 1. The standard InChI is InChI=1S/C16H19N3O6/c1-6-11(20)10-9(12(21)13(6)23-2)7(5-25-15(17)22)16(24-3)14-8(18-14)4-19(10)16/h7-8,14,18H,4-5H2,1-3H3,(H2,17,22)/t7-,8+,14-,16-/m0/s1. The number of allylic oxidation sites excluding steroid dienone is 2. The summed E-state index contributed by atoms with van der Waals surface area (Å²) in [6.45, 7) is 1.96. The molecular formula is C16H19N3O6. The fourth-order valence-electron chi connectivity index (χ4n) is 4.51. The number of hydrogen-bond donors (Lipinski definition) is 2. The van der Waals surface area contributed by atoms with Crippen LogP contribution in [0.2, 0.25) is 0 Å². The first-order valence-corrected chi connectivity index (χ1v) is 7.98. The van der Waals surface area contributed by atoms with Crippen molar-refractivity contribution in [2.45, 2.75) is 24.7 Å². The minimum absolute atomic E-state index is 0.0144. The molecule has 9 heteroatoms. The fraction of sp³-hybridized carbons (Fsp3) is 0.562. The van der Waals surface area contributed by atoms with Crippen LogP contribution in [0.15, 0.2) is 22.6 Å². The van der Waals surface area contributed by atoms with E-state index >= 15 is 0 Å². The number of piperazine rings is 1. The number of ether oxygens (including phenoxy) is 3. The maximum Gasteiger partial charge on any atom is 0.404 e. The number of ketones is 2. The Morgan fingerprint density at radius 1 is 1.36 bits per heavy atom. The number of nitrogens with two attached hydrogens (primary N) is 1. The summed E-state index contributed by atoms with van der Waals surface area (Å²) < 4.78 is 16.0. The van der Waals surface area contributed by atoms with Crippen molar-refractivity contribution >= 4 is 17.7 Å². The highest BCUT2D eigenvalue weighted by molar-refractivity contribution is 6.25. The van der Waals surface area contributed by atoms with Crippen molar-refractivity contribution in [2.75, 3.05) is 27.4 Å². The number of methoxy groups -OCH3 is 2. The number of Topliss-reactive ketones (excluding diaryl/α,β-unsaturated/α-hetero) is 2. The molecule has 1 amide bonds. The van der Waals surface area contributed by atoms with Crippen LogP contribution in [0.5, 0.6) is 0 Å². The monoisotopic (exact) mass is 349 g/mol. The summed E-state index contributed by atoms with van der Waals surface area (Å²) in [5.74, 6) is -1.27. The molecule has 4 aliphatic rings. The van der Waals surface area contributed by atoms with Gasteiger partial charge in [-0.1, -0.05) is 0 Å². The molecule has 4 rings (SSSR count). The van der Waals surface area contributed by atoms with Crippen LogP contribution in [0.1, 0.15) is 6.92 Å². The highest BCUT2D eigenvalue weighted by Gasteiger charge is 2.72. The summed E-state index contributed by atoms with van der Waals surface area (Å²) in [6, 6.07) is 0.109. The molecule has 25 heavy (non-hydrogen) atoms. The number of carbonyl (C=O) groups excluding carboxylic acids is 3. The molecule has 3 N–H and O–H groups in total. The van der Waals surface area contributed by atoms with Crippen LogP contribution in [-0.4, -0.2) is 67.7 Å². The molecule has 1 aliphatic carbocycles. The summed E-state index contributed by atoms with van der Waals surface area (Å²) in [5, 5.41) is 3.29. The summed E-state index contributed by atoms with van der Waals surface area (Å²) in [4.78, 5) is 38.9. The van der Waals surface area contributed by atoms with Gasteiger partial charge in [0, 0.05) is 30.8 Å². The number of fused-ring (bicyclic) bond motifs is 4.